The van der Waals surface area contributed by atoms with E-state index in [-0.39, 0.29) is 0 Å². The molecule has 1 heteroatoms. The molecular formula is C20H38O. The van der Waals surface area contributed by atoms with Crippen molar-refractivity contribution >= 4 is 0 Å². The van der Waals surface area contributed by atoms with Crippen molar-refractivity contribution in [2.24, 2.45) is 22.7 Å². The van der Waals surface area contributed by atoms with Gasteiger partial charge < -0.3 is 4.74 Å². The summed E-state index contributed by atoms with van der Waals surface area (Å²) in [6.45, 7) is 14.5. The van der Waals surface area contributed by atoms with Crippen LogP contribution in [0, 0.1) is 22.7 Å². The van der Waals surface area contributed by atoms with Crippen LogP contribution in [0.4, 0.5) is 0 Å². The molecule has 0 heterocycles. The Bertz CT molecular complexity index is 283. The topological polar surface area (TPSA) is 9.23 Å². The maximum atomic E-state index is 6.48. The summed E-state index contributed by atoms with van der Waals surface area (Å²) in [7, 11) is 0. The van der Waals surface area contributed by atoms with Gasteiger partial charge in [-0.25, -0.2) is 0 Å². The van der Waals surface area contributed by atoms with Crippen LogP contribution in [0.15, 0.2) is 0 Å². The van der Waals surface area contributed by atoms with Crippen LogP contribution in [0.3, 0.4) is 0 Å². The van der Waals surface area contributed by atoms with Gasteiger partial charge in [-0.3, -0.25) is 0 Å². The van der Waals surface area contributed by atoms with E-state index < -0.39 is 0 Å². The summed E-state index contributed by atoms with van der Waals surface area (Å²) in [5.41, 5.74) is 1.12. The molecule has 0 bridgehead atoms. The Morgan fingerprint density at radius 3 is 1.19 bits per heavy atom. The third kappa shape index (κ3) is 4.03. The Morgan fingerprint density at radius 1 is 0.667 bits per heavy atom. The van der Waals surface area contributed by atoms with Crippen molar-refractivity contribution in [1.82, 2.24) is 0 Å². The van der Waals surface area contributed by atoms with E-state index in [9.17, 15) is 0 Å². The number of ether oxygens (including phenoxy) is 1. The largest absolute Gasteiger partial charge is 0.375 e. The number of hydrogen-bond donors (Lipinski definition) is 0. The summed E-state index contributed by atoms with van der Waals surface area (Å²) >= 11 is 0. The molecule has 0 saturated heterocycles. The van der Waals surface area contributed by atoms with Crippen molar-refractivity contribution in [3.8, 4) is 0 Å². The molecule has 2 fully saturated rings. The van der Waals surface area contributed by atoms with Crippen molar-refractivity contribution in [3.63, 3.8) is 0 Å². The highest BCUT2D eigenvalue weighted by Gasteiger charge is 2.37. The second-order valence-corrected chi connectivity index (χ2v) is 9.15. The molecule has 2 saturated carbocycles. The number of hydrogen-bond acceptors (Lipinski definition) is 1. The Balaban J connectivity index is 1.76. The van der Waals surface area contributed by atoms with Crippen LogP contribution in [0.1, 0.15) is 92.9 Å². The van der Waals surface area contributed by atoms with E-state index in [0.717, 1.165) is 11.8 Å². The van der Waals surface area contributed by atoms with Crippen LogP contribution in [0.25, 0.3) is 0 Å². The lowest BCUT2D eigenvalue weighted by atomic mass is 9.67. The predicted octanol–water partition coefficient (Wildman–Crippen LogP) is 6.21. The fraction of sp³-hybridized carbons (Fsp3) is 1.00. The van der Waals surface area contributed by atoms with E-state index in [4.69, 9.17) is 4.74 Å². The summed E-state index contributed by atoms with van der Waals surface area (Å²) in [5.74, 6) is 1.61. The maximum absolute atomic E-state index is 6.48. The normalized spacial score (nSPS) is 41.7. The SMILES string of the molecule is CC(C)C1(C)CCC(OC2CCC(C)(C(C)C)CC2)CC1. The van der Waals surface area contributed by atoms with Gasteiger partial charge in [-0.15, -0.1) is 0 Å². The van der Waals surface area contributed by atoms with Gasteiger partial charge in [-0.2, -0.15) is 0 Å². The lowest BCUT2D eigenvalue weighted by Gasteiger charge is -2.44. The fourth-order valence-corrected chi connectivity index (χ4v) is 4.20. The zero-order valence-electron chi connectivity index (χ0n) is 15.4. The first kappa shape index (κ1) is 17.3. The van der Waals surface area contributed by atoms with Crippen molar-refractivity contribution in [1.29, 1.82) is 0 Å². The molecule has 0 atom stereocenters. The molecule has 0 aromatic rings. The molecule has 0 amide bonds. The van der Waals surface area contributed by atoms with Crippen molar-refractivity contribution in [2.75, 3.05) is 0 Å². The Kier molecular flexibility index (Phi) is 5.45. The van der Waals surface area contributed by atoms with Gasteiger partial charge in [-0.1, -0.05) is 41.5 Å². The Hall–Kier alpha value is -0.0400. The highest BCUT2D eigenvalue weighted by atomic mass is 16.5. The van der Waals surface area contributed by atoms with Crippen LogP contribution in [0.2, 0.25) is 0 Å². The van der Waals surface area contributed by atoms with E-state index >= 15 is 0 Å². The van der Waals surface area contributed by atoms with Crippen molar-refractivity contribution in [2.45, 2.75) is 105 Å². The highest BCUT2D eigenvalue weighted by Crippen LogP contribution is 2.45. The van der Waals surface area contributed by atoms with Crippen LogP contribution >= 0.6 is 0 Å². The first-order valence-corrected chi connectivity index (χ1v) is 9.41. The average Bonchev–Trinajstić information content (AvgIpc) is 2.44. The molecule has 0 unspecified atom stereocenters. The van der Waals surface area contributed by atoms with Gasteiger partial charge in [0.05, 0.1) is 12.2 Å². The molecule has 0 aliphatic heterocycles. The van der Waals surface area contributed by atoms with E-state index in [1.807, 2.05) is 0 Å². The van der Waals surface area contributed by atoms with E-state index in [1.54, 1.807) is 0 Å². The van der Waals surface area contributed by atoms with E-state index in [2.05, 4.69) is 41.5 Å². The van der Waals surface area contributed by atoms with Gasteiger partial charge >= 0.3 is 0 Å². The Labute approximate surface area is 133 Å². The van der Waals surface area contributed by atoms with Crippen molar-refractivity contribution in [3.05, 3.63) is 0 Å². The lowest BCUT2D eigenvalue weighted by Crippen LogP contribution is -2.37. The van der Waals surface area contributed by atoms with Gasteiger partial charge in [0, 0.05) is 0 Å². The molecule has 2 aliphatic carbocycles. The molecule has 2 aliphatic rings. The summed E-state index contributed by atoms with van der Waals surface area (Å²) in [5, 5.41) is 0. The molecular weight excluding hydrogens is 256 g/mol. The third-order valence-electron chi connectivity index (χ3n) is 7.32. The van der Waals surface area contributed by atoms with Gasteiger partial charge in [-0.05, 0) is 74.0 Å². The monoisotopic (exact) mass is 294 g/mol. The molecule has 21 heavy (non-hydrogen) atoms. The minimum Gasteiger partial charge on any atom is -0.375 e. The quantitative estimate of drug-likeness (QED) is 0.598. The minimum absolute atomic E-state index is 0.547. The van der Waals surface area contributed by atoms with Crippen LogP contribution < -0.4 is 0 Å². The highest BCUT2D eigenvalue weighted by molar-refractivity contribution is 4.88. The summed E-state index contributed by atoms with van der Waals surface area (Å²) in [6.07, 6.45) is 11.6. The van der Waals surface area contributed by atoms with Gasteiger partial charge in [0.15, 0.2) is 0 Å². The molecule has 1 nitrogen and oxygen atoms in total. The summed E-state index contributed by atoms with van der Waals surface area (Å²) in [6, 6.07) is 0. The predicted molar refractivity (Wildman–Crippen MR) is 91.5 cm³/mol. The van der Waals surface area contributed by atoms with E-state index in [1.165, 1.54) is 51.4 Å². The minimum atomic E-state index is 0.547. The lowest BCUT2D eigenvalue weighted by molar-refractivity contribution is -0.0816. The molecule has 2 rings (SSSR count). The molecule has 0 aromatic heterocycles. The second kappa shape index (κ2) is 6.60. The van der Waals surface area contributed by atoms with Crippen LogP contribution in [-0.2, 0) is 4.74 Å². The smallest absolute Gasteiger partial charge is 0.0579 e. The first-order chi connectivity index (χ1) is 9.75. The molecule has 0 aromatic carbocycles. The first-order valence-electron chi connectivity index (χ1n) is 9.41. The maximum Gasteiger partial charge on any atom is 0.0579 e. The summed E-state index contributed by atoms with van der Waals surface area (Å²) < 4.78 is 6.48. The zero-order valence-corrected chi connectivity index (χ0v) is 15.4. The molecule has 0 spiro atoms. The average molecular weight is 295 g/mol. The Morgan fingerprint density at radius 2 is 0.952 bits per heavy atom. The molecule has 124 valence electrons. The van der Waals surface area contributed by atoms with Crippen molar-refractivity contribution < 1.29 is 4.74 Å². The van der Waals surface area contributed by atoms with Crippen LogP contribution in [-0.4, -0.2) is 12.2 Å². The van der Waals surface area contributed by atoms with Gasteiger partial charge in [0.2, 0.25) is 0 Å². The summed E-state index contributed by atoms with van der Waals surface area (Å²) in [4.78, 5) is 0. The second-order valence-electron chi connectivity index (χ2n) is 9.15. The zero-order chi connectivity index (χ0) is 15.7. The van der Waals surface area contributed by atoms with Gasteiger partial charge in [0.25, 0.3) is 0 Å². The van der Waals surface area contributed by atoms with E-state index in [0.29, 0.717) is 23.0 Å². The third-order valence-corrected chi connectivity index (χ3v) is 7.32. The molecule has 0 N–H and O–H groups in total. The van der Waals surface area contributed by atoms with Crippen LogP contribution in [0.5, 0.6) is 0 Å². The standard InChI is InChI=1S/C20H38O/c1-15(2)19(5)11-7-17(8-12-19)21-18-9-13-20(6,14-10-18)16(3)4/h15-18H,7-14H2,1-6H3. The fourth-order valence-electron chi connectivity index (χ4n) is 4.20. The molecule has 0 radical (unpaired) electrons. The van der Waals surface area contributed by atoms with Gasteiger partial charge in [0.1, 0.15) is 0 Å². The number of rotatable bonds is 4.